The van der Waals surface area contributed by atoms with Crippen molar-refractivity contribution in [3.05, 3.63) is 36.5 Å². The van der Waals surface area contributed by atoms with Crippen LogP contribution in [0.1, 0.15) is 84.5 Å². The molecule has 0 unspecified atom stereocenters. The van der Waals surface area contributed by atoms with Crippen LogP contribution >= 0.6 is 0 Å². The first-order valence-corrected chi connectivity index (χ1v) is 8.36. The molecule has 110 valence electrons. The van der Waals surface area contributed by atoms with Gasteiger partial charge in [0, 0.05) is 0 Å². The van der Waals surface area contributed by atoms with Crippen LogP contribution in [-0.4, -0.2) is 0 Å². The number of hydrogen-bond acceptors (Lipinski definition) is 0. The summed E-state index contributed by atoms with van der Waals surface area (Å²) in [7, 11) is 0. The maximum Gasteiger partial charge on any atom is -0.0169 e. The maximum atomic E-state index is 2.33. The molecule has 0 radical (unpaired) electrons. The molecule has 0 aliphatic rings. The highest BCUT2D eigenvalue weighted by molar-refractivity contribution is 4.97. The highest BCUT2D eigenvalue weighted by atomic mass is 13.9. The summed E-state index contributed by atoms with van der Waals surface area (Å²) in [5.74, 6) is 0. The molecule has 0 aliphatic heterocycles. The van der Waals surface area contributed by atoms with E-state index in [0.29, 0.717) is 0 Å². The minimum absolute atomic E-state index is 1.09. The minimum atomic E-state index is 1.09. The predicted molar refractivity (Wildman–Crippen MR) is 89.6 cm³/mol. The third-order valence-electron chi connectivity index (χ3n) is 3.24. The number of rotatable bonds is 13. The van der Waals surface area contributed by atoms with E-state index in [-0.39, 0.29) is 0 Å². The van der Waals surface area contributed by atoms with Gasteiger partial charge in [0.25, 0.3) is 0 Å². The van der Waals surface area contributed by atoms with Crippen LogP contribution in [-0.2, 0) is 0 Å². The van der Waals surface area contributed by atoms with Crippen molar-refractivity contribution in [1.29, 1.82) is 0 Å². The van der Waals surface area contributed by atoms with Crippen molar-refractivity contribution in [2.24, 2.45) is 0 Å². The Bertz CT molecular complexity index is 232. The Labute approximate surface area is 121 Å². The van der Waals surface area contributed by atoms with E-state index in [1.54, 1.807) is 0 Å². The van der Waals surface area contributed by atoms with Crippen LogP contribution in [0.4, 0.5) is 0 Å². The van der Waals surface area contributed by atoms with Crippen LogP contribution in [0.15, 0.2) is 36.5 Å². The Morgan fingerprint density at radius 3 is 1.42 bits per heavy atom. The number of hydrogen-bond donors (Lipinski definition) is 0. The van der Waals surface area contributed by atoms with Crippen molar-refractivity contribution in [3.8, 4) is 0 Å². The number of allylic oxidation sites excluding steroid dienone is 6. The van der Waals surface area contributed by atoms with Gasteiger partial charge in [0.1, 0.15) is 0 Å². The SMILES string of the molecule is CCCCCC=CCC=CCC=CCCCCCC. The molecule has 19 heavy (non-hydrogen) atoms. The van der Waals surface area contributed by atoms with E-state index in [2.05, 4.69) is 50.3 Å². The van der Waals surface area contributed by atoms with Gasteiger partial charge in [0.05, 0.1) is 0 Å². The standard InChI is InChI=1S/C19H34/c1-3-5-7-9-11-13-15-17-19-18-16-14-12-10-8-6-4-2/h11,13-14,16-17,19H,3-10,12,15,18H2,1-2H3. The fourth-order valence-electron chi connectivity index (χ4n) is 1.98. The molecule has 0 saturated heterocycles. The lowest BCUT2D eigenvalue weighted by Gasteiger charge is -1.93. The zero-order chi connectivity index (χ0) is 14.0. The van der Waals surface area contributed by atoms with E-state index in [1.165, 1.54) is 57.8 Å². The molecule has 0 spiro atoms. The van der Waals surface area contributed by atoms with Gasteiger partial charge in [-0.05, 0) is 38.5 Å². The van der Waals surface area contributed by atoms with Gasteiger partial charge in [-0.3, -0.25) is 0 Å². The van der Waals surface area contributed by atoms with E-state index < -0.39 is 0 Å². The smallest absolute Gasteiger partial charge is 0.0169 e. The van der Waals surface area contributed by atoms with Crippen LogP contribution in [0.25, 0.3) is 0 Å². The average Bonchev–Trinajstić information content (AvgIpc) is 2.43. The Morgan fingerprint density at radius 2 is 0.895 bits per heavy atom. The molecule has 0 aliphatic carbocycles. The van der Waals surface area contributed by atoms with Gasteiger partial charge < -0.3 is 0 Å². The molecule has 0 saturated carbocycles. The first-order chi connectivity index (χ1) is 9.41. The number of unbranched alkanes of at least 4 members (excludes halogenated alkanes) is 7. The Morgan fingerprint density at radius 1 is 0.474 bits per heavy atom. The minimum Gasteiger partial charge on any atom is -0.0882 e. The van der Waals surface area contributed by atoms with Gasteiger partial charge in [0.2, 0.25) is 0 Å². The molecule has 0 heteroatoms. The average molecular weight is 262 g/mol. The van der Waals surface area contributed by atoms with Crippen molar-refractivity contribution < 1.29 is 0 Å². The largest absolute Gasteiger partial charge is 0.0882 e. The van der Waals surface area contributed by atoms with Gasteiger partial charge in [-0.1, -0.05) is 82.4 Å². The molecule has 0 nitrogen and oxygen atoms in total. The van der Waals surface area contributed by atoms with Gasteiger partial charge in [-0.2, -0.15) is 0 Å². The summed E-state index contributed by atoms with van der Waals surface area (Å²) in [6.07, 6.45) is 28.0. The van der Waals surface area contributed by atoms with Crippen LogP contribution in [0.2, 0.25) is 0 Å². The molecule has 0 amide bonds. The Kier molecular flexibility index (Phi) is 16.5. The monoisotopic (exact) mass is 262 g/mol. The summed E-state index contributed by atoms with van der Waals surface area (Å²) in [5.41, 5.74) is 0. The summed E-state index contributed by atoms with van der Waals surface area (Å²) in [5, 5.41) is 0. The van der Waals surface area contributed by atoms with Crippen molar-refractivity contribution in [2.75, 3.05) is 0 Å². The Balaban J connectivity index is 3.26. The zero-order valence-corrected chi connectivity index (χ0v) is 13.2. The second-order valence-corrected chi connectivity index (χ2v) is 5.23. The first kappa shape index (κ1) is 18.2. The maximum absolute atomic E-state index is 2.33. The molecule has 0 aromatic heterocycles. The van der Waals surface area contributed by atoms with E-state index in [0.717, 1.165) is 12.8 Å². The Hall–Kier alpha value is -0.780. The predicted octanol–water partition coefficient (Wildman–Crippen LogP) is 6.99. The van der Waals surface area contributed by atoms with Crippen LogP contribution in [0.5, 0.6) is 0 Å². The van der Waals surface area contributed by atoms with Crippen molar-refractivity contribution in [1.82, 2.24) is 0 Å². The third kappa shape index (κ3) is 17.2. The van der Waals surface area contributed by atoms with Crippen LogP contribution in [0, 0.1) is 0 Å². The molecule has 0 aromatic rings. The van der Waals surface area contributed by atoms with E-state index in [9.17, 15) is 0 Å². The zero-order valence-electron chi connectivity index (χ0n) is 13.2. The molecular weight excluding hydrogens is 228 g/mol. The fourth-order valence-corrected chi connectivity index (χ4v) is 1.98. The molecule has 0 heterocycles. The summed E-state index contributed by atoms with van der Waals surface area (Å²) in [6.45, 7) is 4.52. The van der Waals surface area contributed by atoms with Gasteiger partial charge in [-0.15, -0.1) is 0 Å². The normalized spacial score (nSPS) is 12.3. The lowest BCUT2D eigenvalue weighted by molar-refractivity contribution is 0.674. The highest BCUT2D eigenvalue weighted by Crippen LogP contribution is 2.03. The van der Waals surface area contributed by atoms with E-state index in [1.807, 2.05) is 0 Å². The van der Waals surface area contributed by atoms with Crippen LogP contribution < -0.4 is 0 Å². The summed E-state index contributed by atoms with van der Waals surface area (Å²) in [4.78, 5) is 0. The molecular formula is C19H34. The van der Waals surface area contributed by atoms with Crippen LogP contribution in [0.3, 0.4) is 0 Å². The first-order valence-electron chi connectivity index (χ1n) is 8.36. The second kappa shape index (κ2) is 17.2. The highest BCUT2D eigenvalue weighted by Gasteiger charge is 1.83. The molecule has 0 N–H and O–H groups in total. The molecule has 0 bridgehead atoms. The van der Waals surface area contributed by atoms with Gasteiger partial charge in [0.15, 0.2) is 0 Å². The fraction of sp³-hybridized carbons (Fsp3) is 0.684. The summed E-state index contributed by atoms with van der Waals surface area (Å²) >= 11 is 0. The second-order valence-electron chi connectivity index (χ2n) is 5.23. The molecule has 0 aromatic carbocycles. The summed E-state index contributed by atoms with van der Waals surface area (Å²) < 4.78 is 0. The van der Waals surface area contributed by atoms with Crippen molar-refractivity contribution in [3.63, 3.8) is 0 Å². The molecule has 0 rings (SSSR count). The lowest BCUT2D eigenvalue weighted by Crippen LogP contribution is -1.73. The molecule has 0 fully saturated rings. The van der Waals surface area contributed by atoms with Crippen molar-refractivity contribution >= 4 is 0 Å². The topological polar surface area (TPSA) is 0 Å². The van der Waals surface area contributed by atoms with Crippen molar-refractivity contribution in [2.45, 2.75) is 84.5 Å². The quantitative estimate of drug-likeness (QED) is 0.248. The van der Waals surface area contributed by atoms with Gasteiger partial charge in [-0.25, -0.2) is 0 Å². The molecule has 0 atom stereocenters. The summed E-state index contributed by atoms with van der Waals surface area (Å²) in [6, 6.07) is 0. The van der Waals surface area contributed by atoms with E-state index in [4.69, 9.17) is 0 Å². The third-order valence-corrected chi connectivity index (χ3v) is 3.24. The lowest BCUT2D eigenvalue weighted by atomic mass is 10.1. The van der Waals surface area contributed by atoms with Gasteiger partial charge >= 0.3 is 0 Å². The van der Waals surface area contributed by atoms with E-state index >= 15 is 0 Å².